The highest BCUT2D eigenvalue weighted by atomic mass is 16.5. The van der Waals surface area contributed by atoms with Gasteiger partial charge in [0.25, 0.3) is 5.91 Å². The summed E-state index contributed by atoms with van der Waals surface area (Å²) >= 11 is 0. The van der Waals surface area contributed by atoms with Crippen LogP contribution in [0.15, 0.2) is 59.1 Å². The largest absolute Gasteiger partial charge is 0.337 e. The summed E-state index contributed by atoms with van der Waals surface area (Å²) in [6.45, 7) is 2.38. The minimum absolute atomic E-state index is 0.0304. The lowest BCUT2D eigenvalue weighted by molar-refractivity contribution is 0.0586. The Balaban J connectivity index is 1.58. The van der Waals surface area contributed by atoms with Gasteiger partial charge in [-0.05, 0) is 38.0 Å². The zero-order chi connectivity index (χ0) is 19.3. The van der Waals surface area contributed by atoms with Crippen molar-refractivity contribution in [2.75, 3.05) is 0 Å². The summed E-state index contributed by atoms with van der Waals surface area (Å²) in [5, 5.41) is 4.13. The van der Waals surface area contributed by atoms with Gasteiger partial charge in [-0.15, -0.1) is 0 Å². The van der Waals surface area contributed by atoms with Gasteiger partial charge in [0.05, 0.1) is 0 Å². The Morgan fingerprint density at radius 3 is 2.61 bits per heavy atom. The van der Waals surface area contributed by atoms with Crippen LogP contribution in [0.3, 0.4) is 0 Å². The lowest BCUT2D eigenvalue weighted by Crippen LogP contribution is -2.41. The van der Waals surface area contributed by atoms with E-state index in [-0.39, 0.29) is 11.9 Å². The SMILES string of the molecule is Cc1cccc(-c2noc(CN(C(=O)c3ccccc3)C3CCCCC3)n2)c1. The molecule has 144 valence electrons. The summed E-state index contributed by atoms with van der Waals surface area (Å²) in [4.78, 5) is 19.7. The maximum absolute atomic E-state index is 13.2. The molecule has 3 aromatic rings. The summed E-state index contributed by atoms with van der Waals surface area (Å²) in [7, 11) is 0. The zero-order valence-electron chi connectivity index (χ0n) is 16.2. The van der Waals surface area contributed by atoms with Gasteiger partial charge < -0.3 is 9.42 Å². The van der Waals surface area contributed by atoms with Crippen LogP contribution in [0.5, 0.6) is 0 Å². The first kappa shape index (κ1) is 18.4. The molecule has 0 bridgehead atoms. The highest BCUT2D eigenvalue weighted by Gasteiger charge is 2.28. The Morgan fingerprint density at radius 2 is 1.86 bits per heavy atom. The summed E-state index contributed by atoms with van der Waals surface area (Å²) in [6.07, 6.45) is 5.60. The summed E-state index contributed by atoms with van der Waals surface area (Å²) in [5.74, 6) is 1.07. The van der Waals surface area contributed by atoms with Crippen LogP contribution in [0.4, 0.5) is 0 Å². The summed E-state index contributed by atoms with van der Waals surface area (Å²) in [6, 6.07) is 17.7. The number of carbonyl (C=O) groups is 1. The van der Waals surface area contributed by atoms with Crippen LogP contribution in [0.1, 0.15) is 53.9 Å². The molecule has 1 heterocycles. The maximum Gasteiger partial charge on any atom is 0.254 e. The fraction of sp³-hybridized carbons (Fsp3) is 0.348. The molecule has 28 heavy (non-hydrogen) atoms. The van der Waals surface area contributed by atoms with Crippen molar-refractivity contribution >= 4 is 5.91 Å². The second kappa shape index (κ2) is 8.38. The van der Waals surface area contributed by atoms with Crippen molar-refractivity contribution in [3.63, 3.8) is 0 Å². The fourth-order valence-corrected chi connectivity index (χ4v) is 3.87. The number of aryl methyl sites for hydroxylation is 1. The van der Waals surface area contributed by atoms with Crippen molar-refractivity contribution in [3.05, 3.63) is 71.6 Å². The van der Waals surface area contributed by atoms with E-state index in [2.05, 4.69) is 10.1 Å². The van der Waals surface area contributed by atoms with Crippen molar-refractivity contribution in [1.82, 2.24) is 15.0 Å². The van der Waals surface area contributed by atoms with Gasteiger partial charge in [0.1, 0.15) is 6.54 Å². The molecule has 1 aromatic heterocycles. The molecular weight excluding hydrogens is 350 g/mol. The normalized spacial score (nSPS) is 14.8. The first-order chi connectivity index (χ1) is 13.7. The Labute approximate surface area is 165 Å². The van der Waals surface area contributed by atoms with Gasteiger partial charge in [-0.1, -0.05) is 66.4 Å². The van der Waals surface area contributed by atoms with Gasteiger partial charge >= 0.3 is 0 Å². The molecular formula is C23H25N3O2. The van der Waals surface area contributed by atoms with E-state index in [1.807, 2.05) is 66.4 Å². The summed E-state index contributed by atoms with van der Waals surface area (Å²) < 4.78 is 5.51. The third kappa shape index (κ3) is 4.14. The van der Waals surface area contributed by atoms with Crippen LogP contribution in [-0.4, -0.2) is 27.0 Å². The molecule has 0 atom stereocenters. The Kier molecular flexibility index (Phi) is 5.51. The van der Waals surface area contributed by atoms with Gasteiger partial charge in [0.2, 0.25) is 11.7 Å². The van der Waals surface area contributed by atoms with Gasteiger partial charge in [-0.2, -0.15) is 4.98 Å². The molecule has 1 aliphatic rings. The van der Waals surface area contributed by atoms with E-state index in [1.54, 1.807) is 0 Å². The summed E-state index contributed by atoms with van der Waals surface area (Å²) in [5.41, 5.74) is 2.77. The number of nitrogens with zero attached hydrogens (tertiary/aromatic N) is 3. The average molecular weight is 375 g/mol. The van der Waals surface area contributed by atoms with E-state index >= 15 is 0 Å². The third-order valence-corrected chi connectivity index (χ3v) is 5.35. The monoisotopic (exact) mass is 375 g/mol. The molecule has 0 saturated heterocycles. The number of aromatic nitrogens is 2. The smallest absolute Gasteiger partial charge is 0.254 e. The molecule has 2 aromatic carbocycles. The molecule has 0 spiro atoms. The number of carbonyl (C=O) groups excluding carboxylic acids is 1. The quantitative estimate of drug-likeness (QED) is 0.628. The van der Waals surface area contributed by atoms with Gasteiger partial charge in [0.15, 0.2) is 0 Å². The minimum Gasteiger partial charge on any atom is -0.337 e. The topological polar surface area (TPSA) is 59.2 Å². The number of hydrogen-bond donors (Lipinski definition) is 0. The number of hydrogen-bond acceptors (Lipinski definition) is 4. The van der Waals surface area contributed by atoms with Crippen LogP contribution in [0, 0.1) is 6.92 Å². The van der Waals surface area contributed by atoms with E-state index < -0.39 is 0 Å². The first-order valence-electron chi connectivity index (χ1n) is 9.96. The Hall–Kier alpha value is -2.95. The van der Waals surface area contributed by atoms with Crippen LogP contribution in [0.25, 0.3) is 11.4 Å². The Bertz CT molecular complexity index is 930. The Morgan fingerprint density at radius 1 is 1.07 bits per heavy atom. The molecule has 0 N–H and O–H groups in total. The molecule has 1 fully saturated rings. The predicted octanol–water partition coefficient (Wildman–Crippen LogP) is 5.02. The lowest BCUT2D eigenvalue weighted by Gasteiger charge is -2.33. The molecule has 0 unspecified atom stereocenters. The van der Waals surface area contributed by atoms with Gasteiger partial charge in [-0.25, -0.2) is 0 Å². The lowest BCUT2D eigenvalue weighted by atomic mass is 9.93. The third-order valence-electron chi connectivity index (χ3n) is 5.35. The molecule has 1 saturated carbocycles. The fourth-order valence-electron chi connectivity index (χ4n) is 3.87. The number of rotatable bonds is 5. The zero-order valence-corrected chi connectivity index (χ0v) is 16.2. The highest BCUT2D eigenvalue weighted by molar-refractivity contribution is 5.94. The first-order valence-corrected chi connectivity index (χ1v) is 9.96. The maximum atomic E-state index is 13.2. The van der Waals surface area contributed by atoms with Crippen LogP contribution < -0.4 is 0 Å². The van der Waals surface area contributed by atoms with Crippen LogP contribution in [0.2, 0.25) is 0 Å². The van der Waals surface area contributed by atoms with E-state index in [9.17, 15) is 4.79 Å². The standard InChI is InChI=1S/C23H25N3O2/c1-17-9-8-12-19(15-17)22-24-21(28-25-22)16-26(20-13-6-3-7-14-20)23(27)18-10-4-2-5-11-18/h2,4-5,8-12,15,20H,3,6-7,13-14,16H2,1H3. The molecule has 4 rings (SSSR count). The van der Waals surface area contributed by atoms with Crippen molar-refractivity contribution in [2.45, 2.75) is 51.6 Å². The second-order valence-electron chi connectivity index (χ2n) is 7.47. The van der Waals surface area contributed by atoms with Crippen molar-refractivity contribution in [2.24, 2.45) is 0 Å². The van der Waals surface area contributed by atoms with Crippen molar-refractivity contribution in [1.29, 1.82) is 0 Å². The highest BCUT2D eigenvalue weighted by Crippen LogP contribution is 2.26. The average Bonchev–Trinajstić information content (AvgIpc) is 3.22. The molecule has 1 aliphatic carbocycles. The second-order valence-corrected chi connectivity index (χ2v) is 7.47. The minimum atomic E-state index is 0.0304. The van der Waals surface area contributed by atoms with E-state index in [0.717, 1.165) is 36.8 Å². The van der Waals surface area contributed by atoms with Gasteiger partial charge in [-0.3, -0.25) is 4.79 Å². The van der Waals surface area contributed by atoms with Crippen molar-refractivity contribution < 1.29 is 9.32 Å². The van der Waals surface area contributed by atoms with Gasteiger partial charge in [0, 0.05) is 17.2 Å². The molecule has 5 heteroatoms. The van der Waals surface area contributed by atoms with E-state index in [1.165, 1.54) is 6.42 Å². The number of amides is 1. The van der Waals surface area contributed by atoms with Crippen LogP contribution >= 0.6 is 0 Å². The molecule has 0 radical (unpaired) electrons. The molecule has 1 amide bonds. The van der Waals surface area contributed by atoms with E-state index in [4.69, 9.17) is 4.52 Å². The molecule has 0 aliphatic heterocycles. The van der Waals surface area contributed by atoms with E-state index in [0.29, 0.717) is 23.8 Å². The predicted molar refractivity (Wildman–Crippen MR) is 108 cm³/mol. The van der Waals surface area contributed by atoms with Crippen molar-refractivity contribution in [3.8, 4) is 11.4 Å². The van der Waals surface area contributed by atoms with Crippen LogP contribution in [-0.2, 0) is 6.54 Å². The number of benzene rings is 2. The molecule has 5 nitrogen and oxygen atoms in total.